The molecule has 6 aliphatic rings. The number of imidazole rings is 4. The molecule has 3 unspecified atom stereocenters. The average Bonchev–Trinajstić information content (AvgIpc) is 1.59. The number of aryl methyl sites for hydroxylation is 1. The maximum absolute atomic E-state index is 16.1. The molecular weight excluding hydrogens is 2040 g/mol. The Labute approximate surface area is 847 Å². The molecule has 0 radical (unpaired) electrons. The zero-order valence-electron chi connectivity index (χ0n) is 82.3. The number of esters is 3. The number of hydrogen-bond acceptors (Lipinski definition) is 47. The Balaban J connectivity index is 0.000000142. The van der Waals surface area contributed by atoms with Crippen LogP contribution in [0, 0.1) is 6.92 Å². The summed E-state index contributed by atoms with van der Waals surface area (Å²) in [7, 11) is -13.1. The van der Waals surface area contributed by atoms with Gasteiger partial charge in [0.15, 0.2) is 115 Å². The molecule has 8 aromatic heterocycles. The molecule has 1 saturated heterocycles. The number of carbonyl (C=O) groups is 3. The number of aromatic nitrogens is 16. The lowest BCUT2D eigenvalue weighted by Gasteiger charge is -2.25. The van der Waals surface area contributed by atoms with E-state index in [1.807, 2.05) is 0 Å². The van der Waals surface area contributed by atoms with Crippen molar-refractivity contribution in [2.45, 2.75) is 162 Å². The standard InChI is InChI=1S/C27H26FN4O11P.C22H29N6O7P.C21H27N6O7P.C20H25N6O7P/c1-14-30-24-22(25(31-14)35-3)29-11-32(24)26-27(2,28)23(33)21(41-26)10-40-44(34,42-15-4-6-17-19(8-15)38-12-36-17)43-16-5-7-18-20(9-16)39-13-37-18;1-13(2)34-22(29)15(4)27-36(30,35-16-5-6-17-18(7-16)32-11-31-17)12-33-14(3)8-28-10-26-19-20(23)24-9-25-21(19)28;1-4-30-21(28)14(3)26-35(29,34-15-5-6-16-17(7-15)32-11-31-16)12-33-13(2)8-27-10-25-18-19(22)23-9-24-20(18)27;1-12(7-26-9-24-17-18(21)22-8-23-19(17)26)32-11-34(28,25-13(2)20(27)29-3)33-14-4-5-15-16(6-14)31-10-30-15/h4-9,11,21,23,26,33H,10,12-13H2,1-3H3;5-7,9-10,13-15H,8,11-12H2,1-4H3,(H,27,30)(H2,23,24,25);5-7,9-10,13-14H,4,8,11-12H2,1-3H3,(H,26,29)(H2,22,23,24);4-6,8-9,12-13H,7,10-11H2,1-3H3,(H,25,28)(H2,21,22,23)/t21-,23-,26-,27-;14-,15-,36?;13-,14-,35?;12-,13-,34?/m1111/s1. The molecule has 0 spiro atoms. The van der Waals surface area contributed by atoms with E-state index in [-0.39, 0.29) is 129 Å². The van der Waals surface area contributed by atoms with E-state index in [1.54, 1.807) is 162 Å². The minimum Gasteiger partial charge on any atom is -0.479 e. The van der Waals surface area contributed by atoms with Gasteiger partial charge in [-0.1, -0.05) is 0 Å². The Hall–Kier alpha value is -14.6. The third kappa shape index (κ3) is 26.0. The van der Waals surface area contributed by atoms with Gasteiger partial charge in [-0.15, -0.1) is 0 Å². The van der Waals surface area contributed by atoms with Gasteiger partial charge >= 0.3 is 48.3 Å². The second-order valence-electron chi connectivity index (χ2n) is 34.1. The smallest absolute Gasteiger partial charge is 0.479 e. The fourth-order valence-electron chi connectivity index (χ4n) is 15.2. The zero-order chi connectivity index (χ0) is 106. The largest absolute Gasteiger partial charge is 0.587 e. The minimum absolute atomic E-state index is 0.0191. The highest BCUT2D eigenvalue weighted by molar-refractivity contribution is 7.57. The van der Waals surface area contributed by atoms with Crippen molar-refractivity contribution >= 4 is 110 Å². The van der Waals surface area contributed by atoms with Crippen LogP contribution in [-0.4, -0.2) is 242 Å². The molecule has 0 amide bonds. The first kappa shape index (κ1) is 107. The highest BCUT2D eigenvalue weighted by Gasteiger charge is 2.57. The summed E-state index contributed by atoms with van der Waals surface area (Å²) in [5.41, 5.74) is 18.8. The number of nitrogens with one attached hydrogen (secondary N) is 3. The van der Waals surface area contributed by atoms with Gasteiger partial charge in [-0.2, -0.15) is 4.98 Å². The van der Waals surface area contributed by atoms with Gasteiger partial charge in [-0.3, -0.25) is 37.2 Å². The van der Waals surface area contributed by atoms with Crippen molar-refractivity contribution in [1.29, 1.82) is 0 Å². The fraction of sp³-hybridized carbons (Fsp3) is 0.411. The second kappa shape index (κ2) is 46.4. The minimum atomic E-state index is -4.53. The fourth-order valence-corrected chi connectivity index (χ4v) is 21.7. The predicted octanol–water partition coefficient (Wildman–Crippen LogP) is 10.8. The molecule has 0 bridgehead atoms. The first-order chi connectivity index (χ1) is 71.3. The van der Waals surface area contributed by atoms with Gasteiger partial charge in [-0.25, -0.2) is 79.0 Å². The van der Waals surface area contributed by atoms with Crippen molar-refractivity contribution in [3.05, 3.63) is 141 Å². The molecule has 6 aliphatic heterocycles. The summed E-state index contributed by atoms with van der Waals surface area (Å²) >= 11 is 0. The summed E-state index contributed by atoms with van der Waals surface area (Å²) in [6.07, 6.45) is 3.14. The zero-order valence-corrected chi connectivity index (χ0v) is 85.9. The lowest BCUT2D eigenvalue weighted by atomic mass is 9.98. The van der Waals surface area contributed by atoms with Crippen molar-refractivity contribution in [3.8, 4) is 92.1 Å². The summed E-state index contributed by atoms with van der Waals surface area (Å²) in [4.78, 5) is 86.4. The third-order valence-corrected chi connectivity index (χ3v) is 28.9. The lowest BCUT2D eigenvalue weighted by Crippen LogP contribution is -2.40. The van der Waals surface area contributed by atoms with Gasteiger partial charge in [0, 0.05) is 30.3 Å². The summed E-state index contributed by atoms with van der Waals surface area (Å²) in [5, 5.41) is 19.2. The van der Waals surface area contributed by atoms with E-state index in [0.717, 1.165) is 0 Å². The number of nitrogen functional groups attached to an aromatic ring is 3. The average molecular weight is 2150 g/mol. The quantitative estimate of drug-likeness (QED) is 0.0106. The van der Waals surface area contributed by atoms with Crippen molar-refractivity contribution in [2.24, 2.45) is 0 Å². The number of aliphatic hydroxyl groups is 1. The molecule has 19 rings (SSSR count). The van der Waals surface area contributed by atoms with Crippen LogP contribution in [0.3, 0.4) is 0 Å². The van der Waals surface area contributed by atoms with E-state index in [0.29, 0.717) is 116 Å². The number of ether oxygens (including phenoxy) is 18. The first-order valence-corrected chi connectivity index (χ1v) is 52.8. The van der Waals surface area contributed by atoms with Crippen LogP contribution in [0.15, 0.2) is 135 Å². The first-order valence-electron chi connectivity index (χ1n) is 45.9. The summed E-state index contributed by atoms with van der Waals surface area (Å²) in [5.74, 6) is 5.40. The number of phosphoric acid groups is 1. The predicted molar refractivity (Wildman–Crippen MR) is 522 cm³/mol. The molecule has 59 heteroatoms. The number of fused-ring (bicyclic) bond motifs is 9. The summed E-state index contributed by atoms with van der Waals surface area (Å²) in [6.45, 7) is 19.0. The van der Waals surface area contributed by atoms with Crippen LogP contribution in [0.25, 0.3) is 44.7 Å². The molecule has 149 heavy (non-hydrogen) atoms. The number of anilines is 3. The molecule has 1 fully saturated rings. The summed E-state index contributed by atoms with van der Waals surface area (Å²) in [6, 6.07) is 20.8. The molecular formula is C90H107FN22O32P4. The van der Waals surface area contributed by atoms with E-state index in [9.17, 15) is 37.8 Å². The molecule has 10 N–H and O–H groups in total. The number of rotatable bonds is 41. The maximum Gasteiger partial charge on any atom is 0.587 e. The van der Waals surface area contributed by atoms with E-state index in [1.165, 1.54) is 82.2 Å². The molecule has 13 atom stereocenters. The van der Waals surface area contributed by atoms with E-state index in [4.69, 9.17) is 130 Å². The Morgan fingerprint density at radius 2 is 0.805 bits per heavy atom. The number of nitrogens with two attached hydrogens (primary N) is 3. The molecule has 0 saturated carbocycles. The van der Waals surface area contributed by atoms with Gasteiger partial charge in [0.1, 0.15) is 119 Å². The number of nitrogens with zero attached hydrogens (tertiary/aromatic N) is 16. The normalized spacial score (nSPS) is 18.3. The third-order valence-electron chi connectivity index (χ3n) is 22.3. The van der Waals surface area contributed by atoms with Crippen LogP contribution in [0.5, 0.6) is 92.1 Å². The van der Waals surface area contributed by atoms with Crippen LogP contribution in [0.4, 0.5) is 21.8 Å². The van der Waals surface area contributed by atoms with Gasteiger partial charge in [0.2, 0.25) is 39.8 Å². The van der Waals surface area contributed by atoms with Crippen molar-refractivity contribution in [1.82, 2.24) is 93.3 Å². The molecule has 796 valence electrons. The summed E-state index contributed by atoms with van der Waals surface area (Å²) < 4.78 is 210. The van der Waals surface area contributed by atoms with Gasteiger partial charge < -0.3 is 144 Å². The van der Waals surface area contributed by atoms with Gasteiger partial charge in [0.25, 0.3) is 0 Å². The maximum atomic E-state index is 16.1. The highest BCUT2D eigenvalue weighted by atomic mass is 31.2. The molecule has 0 aliphatic carbocycles. The van der Waals surface area contributed by atoms with E-state index in [2.05, 4.69) is 75.1 Å². The monoisotopic (exact) mass is 2150 g/mol. The van der Waals surface area contributed by atoms with E-state index < -0.39 is 115 Å². The lowest BCUT2D eigenvalue weighted by molar-refractivity contribution is -0.149. The number of methoxy groups -OCH3 is 2. The van der Waals surface area contributed by atoms with Crippen LogP contribution < -0.4 is 107 Å². The highest BCUT2D eigenvalue weighted by Crippen LogP contribution is 2.56. The number of alkyl halides is 1. The number of benzene rings is 5. The van der Waals surface area contributed by atoms with Gasteiger partial charge in [-0.05, 0) is 137 Å². The Morgan fingerprint density at radius 3 is 1.15 bits per heavy atom. The molecule has 5 aromatic carbocycles. The number of hydrogen-bond donors (Lipinski definition) is 7. The molecule has 13 aromatic rings. The van der Waals surface area contributed by atoms with Crippen molar-refractivity contribution in [3.63, 3.8) is 0 Å². The van der Waals surface area contributed by atoms with Crippen LogP contribution >= 0.6 is 30.4 Å². The molecule has 54 nitrogen and oxygen atoms in total. The van der Waals surface area contributed by atoms with Crippen molar-refractivity contribution < 1.29 is 155 Å². The van der Waals surface area contributed by atoms with Crippen LogP contribution in [0.1, 0.15) is 81.3 Å². The number of phosphoric ester groups is 1. The Bertz CT molecular complexity index is 7150. The van der Waals surface area contributed by atoms with Crippen molar-refractivity contribution in [2.75, 3.05) is 97.6 Å². The number of halogens is 1. The van der Waals surface area contributed by atoms with E-state index >= 15 is 4.39 Å². The number of carbonyl (C=O) groups excluding carboxylic acids is 3. The SMILES string of the molecule is CC(C)OC(=O)[C@@H](C)NP(=O)(CO[C@H](C)Cn1cnc2c(N)ncnc21)Oc1ccc2c(c1)OCO2.CCOC(=O)[C@@H](C)NP(=O)(CO[C@H](C)Cn1cnc2c(N)ncnc21)Oc1ccc2c(c1)OCO2.COC(=O)[C@@H](C)NP(=O)(CO[C@H](C)Cn1cnc2c(N)ncnc21)Oc1ccc2c(c1)OCO2.COc1nc(C)nc2c1ncn2[C@@H]1O[C@H](COP(=O)(Oc2ccc3c(c2)OCO3)Oc2ccc3c(c2)OCO3)[C@@H](O)[C@@]1(C)F. The second-order valence-corrected chi connectivity index (χ2v) is 41.8. The Morgan fingerprint density at radius 1 is 0.463 bits per heavy atom. The molecule has 14 heterocycles. The Kier molecular flexibility index (Phi) is 33.4. The number of aliphatic hydroxyl groups excluding tert-OH is 1. The van der Waals surface area contributed by atoms with Gasteiger partial charge in [0.05, 0.1) is 96.8 Å². The van der Waals surface area contributed by atoms with Crippen LogP contribution in [-0.2, 0) is 90.0 Å². The van der Waals surface area contributed by atoms with Crippen LogP contribution in [0.2, 0.25) is 0 Å². The topological polar surface area (TPSA) is 650 Å².